The minimum atomic E-state index is 0.737. The first-order valence-corrected chi connectivity index (χ1v) is 5.86. The highest BCUT2D eigenvalue weighted by Crippen LogP contribution is 2.29. The molecule has 0 atom stereocenters. The minimum absolute atomic E-state index is 0.737. The van der Waals surface area contributed by atoms with Crippen LogP contribution in [0.15, 0.2) is 24.3 Å². The standard InChI is InChI=1S/C11H15N3S/c1-14(8-4-7-12)11-9-5-2-3-6-10(9)13-15-11/h2-3,5-6H,4,7-8,12H2,1H3. The van der Waals surface area contributed by atoms with E-state index in [1.807, 2.05) is 12.1 Å². The van der Waals surface area contributed by atoms with Gasteiger partial charge in [-0.2, -0.15) is 4.37 Å². The Hall–Kier alpha value is -1.13. The number of nitrogens with zero attached hydrogens (tertiary/aromatic N) is 2. The lowest BCUT2D eigenvalue weighted by Crippen LogP contribution is -2.20. The van der Waals surface area contributed by atoms with E-state index in [9.17, 15) is 0 Å². The van der Waals surface area contributed by atoms with Crippen LogP contribution < -0.4 is 10.6 Å². The molecule has 0 aliphatic rings. The Balaban J connectivity index is 2.27. The first-order chi connectivity index (χ1) is 7.33. The van der Waals surface area contributed by atoms with Gasteiger partial charge in [-0.05, 0) is 36.6 Å². The van der Waals surface area contributed by atoms with Gasteiger partial charge in [-0.25, -0.2) is 0 Å². The number of rotatable bonds is 4. The van der Waals surface area contributed by atoms with Gasteiger partial charge in [0, 0.05) is 19.0 Å². The maximum atomic E-state index is 5.50. The monoisotopic (exact) mass is 221 g/mol. The highest BCUT2D eigenvalue weighted by Gasteiger charge is 2.08. The van der Waals surface area contributed by atoms with Gasteiger partial charge in [0.2, 0.25) is 0 Å². The van der Waals surface area contributed by atoms with Crippen molar-refractivity contribution in [3.63, 3.8) is 0 Å². The summed E-state index contributed by atoms with van der Waals surface area (Å²) >= 11 is 1.56. The molecule has 1 aromatic carbocycles. The number of nitrogens with two attached hydrogens (primary N) is 1. The summed E-state index contributed by atoms with van der Waals surface area (Å²) in [6, 6.07) is 8.24. The highest BCUT2D eigenvalue weighted by atomic mass is 32.1. The van der Waals surface area contributed by atoms with E-state index in [0.29, 0.717) is 0 Å². The van der Waals surface area contributed by atoms with Crippen LogP contribution >= 0.6 is 11.5 Å². The molecule has 1 aromatic heterocycles. The molecule has 2 rings (SSSR count). The Labute approximate surface area is 93.7 Å². The summed E-state index contributed by atoms with van der Waals surface area (Å²) in [5, 5.41) is 2.47. The molecule has 0 bridgehead atoms. The van der Waals surface area contributed by atoms with Crippen molar-refractivity contribution in [1.82, 2.24) is 4.37 Å². The van der Waals surface area contributed by atoms with Gasteiger partial charge >= 0.3 is 0 Å². The van der Waals surface area contributed by atoms with E-state index in [1.54, 1.807) is 11.5 Å². The van der Waals surface area contributed by atoms with Gasteiger partial charge in [0.1, 0.15) is 5.00 Å². The fourth-order valence-electron chi connectivity index (χ4n) is 1.58. The number of aromatic nitrogens is 1. The molecule has 1 heterocycles. The minimum Gasteiger partial charge on any atom is -0.365 e. The number of fused-ring (bicyclic) bond motifs is 1. The van der Waals surface area contributed by atoms with Crippen LogP contribution in [-0.4, -0.2) is 24.5 Å². The second-order valence-electron chi connectivity index (χ2n) is 3.57. The van der Waals surface area contributed by atoms with Crippen LogP contribution in [0.1, 0.15) is 6.42 Å². The number of benzene rings is 1. The summed E-state index contributed by atoms with van der Waals surface area (Å²) in [4.78, 5) is 2.23. The maximum absolute atomic E-state index is 5.50. The van der Waals surface area contributed by atoms with Crippen LogP contribution in [0.3, 0.4) is 0 Å². The van der Waals surface area contributed by atoms with Crippen molar-refractivity contribution in [2.24, 2.45) is 5.73 Å². The van der Waals surface area contributed by atoms with Crippen molar-refractivity contribution in [3.8, 4) is 0 Å². The summed E-state index contributed by atoms with van der Waals surface area (Å²) in [6.07, 6.45) is 1.02. The van der Waals surface area contributed by atoms with Gasteiger partial charge in [-0.3, -0.25) is 0 Å². The topological polar surface area (TPSA) is 42.1 Å². The van der Waals surface area contributed by atoms with E-state index in [0.717, 1.165) is 25.0 Å². The Morgan fingerprint density at radius 3 is 3.00 bits per heavy atom. The van der Waals surface area contributed by atoms with E-state index < -0.39 is 0 Å². The van der Waals surface area contributed by atoms with Crippen LogP contribution in [0.5, 0.6) is 0 Å². The molecule has 0 amide bonds. The van der Waals surface area contributed by atoms with Crippen molar-refractivity contribution in [2.75, 3.05) is 25.0 Å². The molecule has 80 valence electrons. The molecule has 0 saturated heterocycles. The second kappa shape index (κ2) is 4.59. The van der Waals surface area contributed by atoms with Crippen molar-refractivity contribution in [2.45, 2.75) is 6.42 Å². The normalized spacial score (nSPS) is 10.8. The fourth-order valence-corrected chi connectivity index (χ4v) is 2.43. The predicted molar refractivity (Wildman–Crippen MR) is 66.6 cm³/mol. The lowest BCUT2D eigenvalue weighted by molar-refractivity contribution is 0.801. The maximum Gasteiger partial charge on any atom is 0.119 e. The zero-order valence-electron chi connectivity index (χ0n) is 8.81. The van der Waals surface area contributed by atoms with Gasteiger partial charge in [-0.1, -0.05) is 12.1 Å². The van der Waals surface area contributed by atoms with Crippen LogP contribution in [0.4, 0.5) is 5.00 Å². The van der Waals surface area contributed by atoms with Gasteiger partial charge in [0.25, 0.3) is 0 Å². The van der Waals surface area contributed by atoms with Gasteiger partial charge in [0.15, 0.2) is 0 Å². The molecule has 0 spiro atoms. The Kier molecular flexibility index (Phi) is 3.18. The van der Waals surface area contributed by atoms with Crippen molar-refractivity contribution in [3.05, 3.63) is 24.3 Å². The Morgan fingerprint density at radius 2 is 2.20 bits per heavy atom. The number of hydrogen-bond acceptors (Lipinski definition) is 4. The molecule has 0 unspecified atom stereocenters. The first-order valence-electron chi connectivity index (χ1n) is 5.08. The molecule has 0 radical (unpaired) electrons. The van der Waals surface area contributed by atoms with Crippen LogP contribution in [-0.2, 0) is 0 Å². The third-order valence-corrected chi connectivity index (χ3v) is 3.40. The average molecular weight is 221 g/mol. The molecule has 15 heavy (non-hydrogen) atoms. The summed E-state index contributed by atoms with van der Waals surface area (Å²) in [7, 11) is 2.09. The molecule has 0 saturated carbocycles. The summed E-state index contributed by atoms with van der Waals surface area (Å²) in [5.74, 6) is 0. The smallest absolute Gasteiger partial charge is 0.119 e. The van der Waals surface area contributed by atoms with E-state index >= 15 is 0 Å². The second-order valence-corrected chi connectivity index (χ2v) is 4.32. The molecule has 4 heteroatoms. The average Bonchev–Trinajstić information content (AvgIpc) is 2.69. The molecular weight excluding hydrogens is 206 g/mol. The van der Waals surface area contributed by atoms with Crippen molar-refractivity contribution >= 4 is 27.4 Å². The van der Waals surface area contributed by atoms with E-state index in [2.05, 4.69) is 28.5 Å². The van der Waals surface area contributed by atoms with Gasteiger partial charge in [0.05, 0.1) is 5.52 Å². The zero-order valence-corrected chi connectivity index (χ0v) is 9.63. The zero-order chi connectivity index (χ0) is 10.7. The lowest BCUT2D eigenvalue weighted by atomic mass is 10.2. The highest BCUT2D eigenvalue weighted by molar-refractivity contribution is 7.11. The molecule has 0 fully saturated rings. The van der Waals surface area contributed by atoms with E-state index in [4.69, 9.17) is 5.73 Å². The summed E-state index contributed by atoms with van der Waals surface area (Å²) in [6.45, 7) is 1.73. The number of anilines is 1. The molecule has 3 nitrogen and oxygen atoms in total. The van der Waals surface area contributed by atoms with E-state index in [-0.39, 0.29) is 0 Å². The van der Waals surface area contributed by atoms with Gasteiger partial charge in [-0.15, -0.1) is 0 Å². The lowest BCUT2D eigenvalue weighted by Gasteiger charge is -2.16. The van der Waals surface area contributed by atoms with Crippen molar-refractivity contribution in [1.29, 1.82) is 0 Å². The number of hydrogen-bond donors (Lipinski definition) is 1. The van der Waals surface area contributed by atoms with Crippen LogP contribution in [0.2, 0.25) is 0 Å². The SMILES string of the molecule is CN(CCCN)c1snc2ccccc12. The third-order valence-electron chi connectivity index (χ3n) is 2.41. The van der Waals surface area contributed by atoms with Gasteiger partial charge < -0.3 is 10.6 Å². The first kappa shape index (κ1) is 10.4. The van der Waals surface area contributed by atoms with Crippen LogP contribution in [0, 0.1) is 0 Å². The molecule has 0 aliphatic carbocycles. The quantitative estimate of drug-likeness (QED) is 0.859. The summed E-state index contributed by atoms with van der Waals surface area (Å²) in [5.41, 5.74) is 6.58. The fraction of sp³-hybridized carbons (Fsp3) is 0.364. The molecule has 2 aromatic rings. The molecule has 2 N–H and O–H groups in total. The largest absolute Gasteiger partial charge is 0.365 e. The predicted octanol–water partition coefficient (Wildman–Crippen LogP) is 2.08. The molecule has 0 aliphatic heterocycles. The summed E-state index contributed by atoms with van der Waals surface area (Å²) < 4.78 is 4.42. The Bertz CT molecular complexity index is 438. The van der Waals surface area contributed by atoms with Crippen LogP contribution in [0.25, 0.3) is 10.9 Å². The third kappa shape index (κ3) is 2.11. The van der Waals surface area contributed by atoms with Crippen molar-refractivity contribution < 1.29 is 0 Å². The Morgan fingerprint density at radius 1 is 1.40 bits per heavy atom. The molecular formula is C11H15N3S. The van der Waals surface area contributed by atoms with E-state index in [1.165, 1.54) is 10.4 Å².